The molecule has 0 unspecified atom stereocenters. The molecular formula is C26H20N2O2S. The standard InChI is InChI=1S/C26H20N2O2S/c27-26(30)21-11-9-18(10-12-21)23-22(8-4-5-17-29)31-25(20-6-2-1-3-7-20)24(23)19-13-15-28-16-14-19/h1-3,6-7,9-16,29H,5,17H2,(H2,27,30). The summed E-state index contributed by atoms with van der Waals surface area (Å²) in [4.78, 5) is 17.7. The Balaban J connectivity index is 2.01. The molecule has 0 saturated carbocycles. The molecule has 4 nitrogen and oxygen atoms in total. The highest BCUT2D eigenvalue weighted by Gasteiger charge is 2.21. The van der Waals surface area contributed by atoms with Crippen LogP contribution in [0, 0.1) is 11.8 Å². The summed E-state index contributed by atoms with van der Waals surface area (Å²) in [6.07, 6.45) is 3.96. The number of aromatic nitrogens is 1. The second-order valence-corrected chi connectivity index (χ2v) is 7.85. The van der Waals surface area contributed by atoms with Gasteiger partial charge in [-0.2, -0.15) is 0 Å². The van der Waals surface area contributed by atoms with Crippen molar-refractivity contribution < 1.29 is 9.90 Å². The molecule has 0 atom stereocenters. The SMILES string of the molecule is NC(=O)c1ccc(-c2c(C#CCCO)sc(-c3ccccc3)c2-c2ccncc2)cc1. The van der Waals surface area contributed by atoms with Gasteiger partial charge in [-0.3, -0.25) is 9.78 Å². The molecule has 1 amide bonds. The Morgan fingerprint density at radius 3 is 2.23 bits per heavy atom. The number of nitrogens with zero attached hydrogens (tertiary/aromatic N) is 1. The number of aliphatic hydroxyl groups excluding tert-OH is 1. The Bertz CT molecular complexity index is 1250. The predicted octanol–water partition coefficient (Wildman–Crippen LogP) is 4.98. The lowest BCUT2D eigenvalue weighted by atomic mass is 9.93. The summed E-state index contributed by atoms with van der Waals surface area (Å²) in [6.45, 7) is 0.0176. The molecule has 0 spiro atoms. The van der Waals surface area contributed by atoms with Gasteiger partial charge >= 0.3 is 0 Å². The average Bonchev–Trinajstić information content (AvgIpc) is 3.20. The second-order valence-electron chi connectivity index (χ2n) is 6.83. The van der Waals surface area contributed by atoms with Crippen molar-refractivity contribution in [2.24, 2.45) is 5.73 Å². The summed E-state index contributed by atoms with van der Waals surface area (Å²) < 4.78 is 0. The number of hydrogen-bond donors (Lipinski definition) is 2. The molecule has 2 aromatic heterocycles. The number of pyridine rings is 1. The number of rotatable bonds is 5. The first-order valence-corrected chi connectivity index (χ1v) is 10.6. The Morgan fingerprint density at radius 2 is 1.58 bits per heavy atom. The highest BCUT2D eigenvalue weighted by atomic mass is 32.1. The number of primary amides is 1. The van der Waals surface area contributed by atoms with E-state index in [0.29, 0.717) is 12.0 Å². The fourth-order valence-corrected chi connectivity index (χ4v) is 4.61. The van der Waals surface area contributed by atoms with E-state index >= 15 is 0 Å². The van der Waals surface area contributed by atoms with E-state index in [9.17, 15) is 9.90 Å². The van der Waals surface area contributed by atoms with Crippen molar-refractivity contribution in [1.82, 2.24) is 4.98 Å². The van der Waals surface area contributed by atoms with Crippen LogP contribution in [0.2, 0.25) is 0 Å². The zero-order valence-electron chi connectivity index (χ0n) is 16.7. The van der Waals surface area contributed by atoms with Crippen LogP contribution in [0.4, 0.5) is 0 Å². The molecule has 31 heavy (non-hydrogen) atoms. The molecule has 2 aromatic carbocycles. The Morgan fingerprint density at radius 1 is 0.903 bits per heavy atom. The minimum Gasteiger partial charge on any atom is -0.395 e. The number of amides is 1. The molecule has 3 N–H and O–H groups in total. The molecule has 0 bridgehead atoms. The van der Waals surface area contributed by atoms with Crippen LogP contribution in [-0.4, -0.2) is 22.6 Å². The number of hydrogen-bond acceptors (Lipinski definition) is 4. The zero-order valence-corrected chi connectivity index (χ0v) is 17.5. The van der Waals surface area contributed by atoms with Gasteiger partial charge < -0.3 is 10.8 Å². The van der Waals surface area contributed by atoms with Crippen LogP contribution in [0.15, 0.2) is 79.1 Å². The molecule has 0 aliphatic heterocycles. The van der Waals surface area contributed by atoms with Crippen molar-refractivity contribution in [2.75, 3.05) is 6.61 Å². The minimum atomic E-state index is -0.459. The number of carbonyl (C=O) groups is 1. The fourth-order valence-electron chi connectivity index (χ4n) is 3.38. The molecule has 0 aliphatic carbocycles. The maximum atomic E-state index is 11.5. The first-order chi connectivity index (χ1) is 15.2. The number of nitrogens with two attached hydrogens (primary N) is 1. The lowest BCUT2D eigenvalue weighted by Crippen LogP contribution is -2.10. The summed E-state index contributed by atoms with van der Waals surface area (Å²) >= 11 is 1.62. The molecule has 0 saturated heterocycles. The third-order valence-electron chi connectivity index (χ3n) is 4.81. The lowest BCUT2D eigenvalue weighted by molar-refractivity contribution is 0.100. The monoisotopic (exact) mass is 424 g/mol. The molecule has 152 valence electrons. The molecule has 4 rings (SSSR count). The van der Waals surface area contributed by atoms with Crippen molar-refractivity contribution in [1.29, 1.82) is 0 Å². The summed E-state index contributed by atoms with van der Waals surface area (Å²) in [5.41, 5.74) is 11.0. The topological polar surface area (TPSA) is 76.2 Å². The molecule has 5 heteroatoms. The highest BCUT2D eigenvalue weighted by Crippen LogP contribution is 2.47. The number of aliphatic hydroxyl groups is 1. The second kappa shape index (κ2) is 9.40. The fraction of sp³-hybridized carbons (Fsp3) is 0.0769. The van der Waals surface area contributed by atoms with Gasteiger partial charge in [0.05, 0.1) is 11.5 Å². The lowest BCUT2D eigenvalue weighted by Gasteiger charge is -2.10. The van der Waals surface area contributed by atoms with Crippen molar-refractivity contribution in [3.8, 4) is 44.5 Å². The van der Waals surface area contributed by atoms with Crippen molar-refractivity contribution in [3.05, 3.63) is 89.6 Å². The number of thiophene rings is 1. The summed E-state index contributed by atoms with van der Waals surface area (Å²) in [5.74, 6) is 5.85. The normalized spacial score (nSPS) is 10.4. The highest BCUT2D eigenvalue weighted by molar-refractivity contribution is 7.17. The molecule has 2 heterocycles. The van der Waals surface area contributed by atoms with Gasteiger partial charge in [-0.05, 0) is 41.0 Å². The number of benzene rings is 2. The van der Waals surface area contributed by atoms with Crippen LogP contribution < -0.4 is 5.73 Å². The van der Waals surface area contributed by atoms with Gasteiger partial charge in [-0.1, -0.05) is 54.3 Å². The van der Waals surface area contributed by atoms with Crippen LogP contribution in [0.3, 0.4) is 0 Å². The van der Waals surface area contributed by atoms with Gasteiger partial charge in [0.2, 0.25) is 5.91 Å². The minimum absolute atomic E-state index is 0.0176. The first kappa shape index (κ1) is 20.5. The van der Waals surface area contributed by atoms with E-state index in [1.165, 1.54) is 0 Å². The van der Waals surface area contributed by atoms with Gasteiger partial charge in [-0.15, -0.1) is 11.3 Å². The summed E-state index contributed by atoms with van der Waals surface area (Å²) in [6, 6.07) is 21.4. The van der Waals surface area contributed by atoms with E-state index in [-0.39, 0.29) is 6.61 Å². The van der Waals surface area contributed by atoms with E-state index in [0.717, 1.165) is 37.6 Å². The van der Waals surface area contributed by atoms with Crippen molar-refractivity contribution in [3.63, 3.8) is 0 Å². The summed E-state index contributed by atoms with van der Waals surface area (Å²) in [5, 5.41) is 9.18. The van der Waals surface area contributed by atoms with Gasteiger partial charge in [0, 0.05) is 40.4 Å². The van der Waals surface area contributed by atoms with Gasteiger partial charge in [-0.25, -0.2) is 0 Å². The Kier molecular flexibility index (Phi) is 6.23. The summed E-state index contributed by atoms with van der Waals surface area (Å²) in [7, 11) is 0. The third kappa shape index (κ3) is 4.41. The smallest absolute Gasteiger partial charge is 0.248 e. The van der Waals surface area contributed by atoms with Crippen LogP contribution >= 0.6 is 11.3 Å². The van der Waals surface area contributed by atoms with Crippen LogP contribution in [-0.2, 0) is 0 Å². The van der Waals surface area contributed by atoms with Gasteiger partial charge in [0.25, 0.3) is 0 Å². The molecule has 4 aromatic rings. The Hall–Kier alpha value is -3.72. The van der Waals surface area contributed by atoms with Gasteiger partial charge in [0.15, 0.2) is 0 Å². The zero-order chi connectivity index (χ0) is 21.6. The third-order valence-corrected chi connectivity index (χ3v) is 5.96. The average molecular weight is 425 g/mol. The van der Waals surface area contributed by atoms with Crippen LogP contribution in [0.25, 0.3) is 32.7 Å². The quantitative estimate of drug-likeness (QED) is 0.444. The van der Waals surface area contributed by atoms with Crippen molar-refractivity contribution in [2.45, 2.75) is 6.42 Å². The molecule has 0 radical (unpaired) electrons. The van der Waals surface area contributed by atoms with E-state index in [2.05, 4.69) is 29.0 Å². The molecule has 0 aliphatic rings. The van der Waals surface area contributed by atoms with Crippen LogP contribution in [0.5, 0.6) is 0 Å². The number of carbonyl (C=O) groups excluding carboxylic acids is 1. The largest absolute Gasteiger partial charge is 0.395 e. The van der Waals surface area contributed by atoms with Crippen molar-refractivity contribution >= 4 is 17.2 Å². The predicted molar refractivity (Wildman–Crippen MR) is 126 cm³/mol. The van der Waals surface area contributed by atoms with E-state index in [1.807, 2.05) is 42.5 Å². The van der Waals surface area contributed by atoms with E-state index < -0.39 is 5.91 Å². The Labute approximate surface area is 185 Å². The first-order valence-electron chi connectivity index (χ1n) is 9.81. The van der Waals surface area contributed by atoms with Crippen LogP contribution in [0.1, 0.15) is 21.7 Å². The van der Waals surface area contributed by atoms with E-state index in [4.69, 9.17) is 5.73 Å². The molecule has 0 fully saturated rings. The maximum absolute atomic E-state index is 11.5. The van der Waals surface area contributed by atoms with Gasteiger partial charge in [0.1, 0.15) is 0 Å². The van der Waals surface area contributed by atoms with E-state index in [1.54, 1.807) is 35.9 Å². The molecular weight excluding hydrogens is 404 g/mol. The maximum Gasteiger partial charge on any atom is 0.248 e.